The third-order valence-electron chi connectivity index (χ3n) is 4.17. The molecule has 0 radical (unpaired) electrons. The molecular formula is C20H20N2O5S2. The van der Waals surface area contributed by atoms with E-state index in [2.05, 4.69) is 4.40 Å². The molecule has 7 nitrogen and oxygen atoms in total. The monoisotopic (exact) mass is 432 g/mol. The molecule has 9 heteroatoms. The molecule has 29 heavy (non-hydrogen) atoms. The summed E-state index contributed by atoms with van der Waals surface area (Å²) in [6.45, 7) is 2.06. The standard InChI is InChI=1S/C20H20N2O5S2/c1-4-22-19(23)18(12-14-10-11-15(26-2)13-17(14)27-3)28-20(22)21-29(24,25)16-8-6-5-7-9-16/h5-13H,4H2,1-3H3/b18-12-,21-20?. The topological polar surface area (TPSA) is 85.3 Å². The van der Waals surface area contributed by atoms with E-state index < -0.39 is 10.0 Å². The Morgan fingerprint density at radius 3 is 2.45 bits per heavy atom. The molecule has 0 aliphatic carbocycles. The van der Waals surface area contributed by atoms with E-state index in [1.807, 2.05) is 0 Å². The second-order valence-corrected chi connectivity index (χ2v) is 8.54. The lowest BCUT2D eigenvalue weighted by atomic mass is 10.1. The molecule has 1 aliphatic heterocycles. The van der Waals surface area contributed by atoms with Crippen molar-refractivity contribution in [1.29, 1.82) is 0 Å². The van der Waals surface area contributed by atoms with Crippen molar-refractivity contribution in [1.82, 2.24) is 4.90 Å². The Morgan fingerprint density at radius 2 is 1.83 bits per heavy atom. The quantitative estimate of drug-likeness (QED) is 0.651. The highest BCUT2D eigenvalue weighted by Gasteiger charge is 2.34. The van der Waals surface area contributed by atoms with E-state index in [9.17, 15) is 13.2 Å². The van der Waals surface area contributed by atoms with Crippen LogP contribution in [0.15, 0.2) is 62.7 Å². The lowest BCUT2D eigenvalue weighted by Crippen LogP contribution is -2.29. The molecule has 0 saturated carbocycles. The summed E-state index contributed by atoms with van der Waals surface area (Å²) in [5.41, 5.74) is 0.673. The number of thioether (sulfide) groups is 1. The van der Waals surface area contributed by atoms with Crippen LogP contribution in [0.4, 0.5) is 0 Å². The van der Waals surface area contributed by atoms with Gasteiger partial charge in [0.2, 0.25) is 0 Å². The molecule has 1 amide bonds. The van der Waals surface area contributed by atoms with Gasteiger partial charge in [0.25, 0.3) is 15.9 Å². The second-order valence-electron chi connectivity index (χ2n) is 5.93. The Kier molecular flexibility index (Phi) is 6.29. The minimum absolute atomic E-state index is 0.0749. The van der Waals surface area contributed by atoms with Crippen LogP contribution in [0.25, 0.3) is 6.08 Å². The number of likely N-dealkylation sites (N-methyl/N-ethyl adjacent to an activating group) is 1. The molecule has 152 valence electrons. The fourth-order valence-corrected chi connectivity index (χ4v) is 4.94. The summed E-state index contributed by atoms with van der Waals surface area (Å²) in [5, 5.41) is 0.125. The number of hydrogen-bond acceptors (Lipinski definition) is 6. The number of nitrogens with zero attached hydrogens (tertiary/aromatic N) is 2. The van der Waals surface area contributed by atoms with E-state index in [1.54, 1.807) is 56.5 Å². The van der Waals surface area contributed by atoms with Gasteiger partial charge >= 0.3 is 0 Å². The molecule has 1 saturated heterocycles. The Morgan fingerprint density at radius 1 is 1.10 bits per heavy atom. The lowest BCUT2D eigenvalue weighted by molar-refractivity contribution is -0.122. The zero-order chi connectivity index (χ0) is 21.0. The van der Waals surface area contributed by atoms with Crippen molar-refractivity contribution in [3.05, 3.63) is 59.0 Å². The van der Waals surface area contributed by atoms with Crippen LogP contribution in [-0.2, 0) is 14.8 Å². The molecule has 1 fully saturated rings. The number of carbonyl (C=O) groups excluding carboxylic acids is 1. The fraction of sp³-hybridized carbons (Fsp3) is 0.200. The van der Waals surface area contributed by atoms with Gasteiger partial charge in [0.1, 0.15) is 11.5 Å². The minimum Gasteiger partial charge on any atom is -0.497 e. The highest BCUT2D eigenvalue weighted by atomic mass is 32.2. The summed E-state index contributed by atoms with van der Waals surface area (Å²) in [4.78, 5) is 14.6. The van der Waals surface area contributed by atoms with Crippen LogP contribution in [0, 0.1) is 0 Å². The number of amides is 1. The SMILES string of the molecule is CCN1C(=O)/C(=C/c2ccc(OC)cc2OC)SC1=NS(=O)(=O)c1ccccc1. The predicted octanol–water partition coefficient (Wildman–Crippen LogP) is 3.38. The van der Waals surface area contributed by atoms with Crippen molar-refractivity contribution in [3.63, 3.8) is 0 Å². The third kappa shape index (κ3) is 4.46. The summed E-state index contributed by atoms with van der Waals surface area (Å²) in [6.07, 6.45) is 1.66. The van der Waals surface area contributed by atoms with Gasteiger partial charge in [-0.15, -0.1) is 4.40 Å². The van der Waals surface area contributed by atoms with Crippen LogP contribution >= 0.6 is 11.8 Å². The zero-order valence-corrected chi connectivity index (χ0v) is 17.8. The van der Waals surface area contributed by atoms with Crippen LogP contribution in [0.1, 0.15) is 12.5 Å². The summed E-state index contributed by atoms with van der Waals surface area (Å²) in [7, 11) is -0.844. The summed E-state index contributed by atoms with van der Waals surface area (Å²) in [6, 6.07) is 13.1. The molecule has 1 aliphatic rings. The molecular weight excluding hydrogens is 412 g/mol. The number of hydrogen-bond donors (Lipinski definition) is 0. The summed E-state index contributed by atoms with van der Waals surface area (Å²) >= 11 is 1.02. The molecule has 0 unspecified atom stereocenters. The average Bonchev–Trinajstić information content (AvgIpc) is 3.02. The Bertz CT molecular complexity index is 1080. The number of carbonyl (C=O) groups is 1. The molecule has 1 heterocycles. The summed E-state index contributed by atoms with van der Waals surface area (Å²) in [5.74, 6) is 0.855. The Balaban J connectivity index is 1.99. The van der Waals surface area contributed by atoms with Gasteiger partial charge in [-0.05, 0) is 49.0 Å². The normalized spacial score (nSPS) is 17.2. The van der Waals surface area contributed by atoms with Gasteiger partial charge in [0, 0.05) is 18.2 Å². The first kappa shape index (κ1) is 20.9. The van der Waals surface area contributed by atoms with Gasteiger partial charge in [-0.2, -0.15) is 8.42 Å². The third-order valence-corrected chi connectivity index (χ3v) is 6.57. The first-order valence-corrected chi connectivity index (χ1v) is 11.0. The maximum Gasteiger partial charge on any atom is 0.284 e. The van der Waals surface area contributed by atoms with Crippen LogP contribution < -0.4 is 9.47 Å². The Hall–Kier alpha value is -2.78. The van der Waals surface area contributed by atoms with Gasteiger partial charge in [0.15, 0.2) is 5.17 Å². The van der Waals surface area contributed by atoms with E-state index in [4.69, 9.17) is 9.47 Å². The second kappa shape index (κ2) is 8.71. The molecule has 0 atom stereocenters. The predicted molar refractivity (Wildman–Crippen MR) is 114 cm³/mol. The van der Waals surface area contributed by atoms with Gasteiger partial charge in [-0.25, -0.2) is 0 Å². The summed E-state index contributed by atoms with van der Waals surface area (Å²) < 4.78 is 39.7. The minimum atomic E-state index is -3.92. The number of rotatable bonds is 6. The van der Waals surface area contributed by atoms with E-state index >= 15 is 0 Å². The van der Waals surface area contributed by atoms with Crippen molar-refractivity contribution in [3.8, 4) is 11.5 Å². The first-order valence-electron chi connectivity index (χ1n) is 8.73. The van der Waals surface area contributed by atoms with Crippen molar-refractivity contribution in [2.24, 2.45) is 4.40 Å². The molecule has 0 bridgehead atoms. The smallest absolute Gasteiger partial charge is 0.284 e. The van der Waals surface area contributed by atoms with E-state index in [-0.39, 0.29) is 16.0 Å². The number of methoxy groups -OCH3 is 2. The van der Waals surface area contributed by atoms with E-state index in [0.717, 1.165) is 11.8 Å². The van der Waals surface area contributed by atoms with Gasteiger partial charge in [-0.1, -0.05) is 18.2 Å². The van der Waals surface area contributed by atoms with Crippen molar-refractivity contribution in [2.75, 3.05) is 20.8 Å². The maximum absolute atomic E-state index is 12.8. The molecule has 0 spiro atoms. The van der Waals surface area contributed by atoms with Crippen molar-refractivity contribution >= 4 is 38.9 Å². The number of ether oxygens (including phenoxy) is 2. The highest BCUT2D eigenvalue weighted by Crippen LogP contribution is 2.35. The largest absolute Gasteiger partial charge is 0.497 e. The maximum atomic E-state index is 12.8. The number of amidine groups is 1. The van der Waals surface area contributed by atoms with Crippen molar-refractivity contribution < 1.29 is 22.7 Å². The molecule has 2 aromatic carbocycles. The lowest BCUT2D eigenvalue weighted by Gasteiger charge is -2.12. The van der Waals surface area contributed by atoms with Crippen molar-refractivity contribution in [2.45, 2.75) is 11.8 Å². The molecule has 0 N–H and O–H groups in total. The van der Waals surface area contributed by atoms with Crippen LogP contribution in [0.3, 0.4) is 0 Å². The van der Waals surface area contributed by atoms with Crippen LogP contribution in [0.2, 0.25) is 0 Å². The molecule has 3 rings (SSSR count). The van der Waals surface area contributed by atoms with E-state index in [0.29, 0.717) is 28.5 Å². The van der Waals surface area contributed by atoms with Crippen LogP contribution in [-0.4, -0.2) is 45.2 Å². The average molecular weight is 433 g/mol. The van der Waals surface area contributed by atoms with Gasteiger partial charge in [-0.3, -0.25) is 9.69 Å². The first-order chi connectivity index (χ1) is 13.9. The molecule has 0 aromatic heterocycles. The number of sulfonamides is 1. The van der Waals surface area contributed by atoms with Gasteiger partial charge in [0.05, 0.1) is 24.0 Å². The zero-order valence-electron chi connectivity index (χ0n) is 16.2. The van der Waals surface area contributed by atoms with Crippen LogP contribution in [0.5, 0.6) is 11.5 Å². The Labute approximate surface area is 174 Å². The fourth-order valence-electron chi connectivity index (χ4n) is 2.68. The highest BCUT2D eigenvalue weighted by molar-refractivity contribution is 8.19. The number of benzene rings is 2. The van der Waals surface area contributed by atoms with Gasteiger partial charge < -0.3 is 9.47 Å². The van der Waals surface area contributed by atoms with E-state index in [1.165, 1.54) is 24.1 Å². The molecule has 2 aromatic rings.